The molecule has 170 valence electrons. The summed E-state index contributed by atoms with van der Waals surface area (Å²) < 4.78 is 5.22. The van der Waals surface area contributed by atoms with Crippen molar-refractivity contribution in [2.75, 3.05) is 38.2 Å². The van der Waals surface area contributed by atoms with Gasteiger partial charge in [0.1, 0.15) is 11.6 Å². The van der Waals surface area contributed by atoms with Crippen LogP contribution in [0, 0.1) is 0 Å². The van der Waals surface area contributed by atoms with Crippen LogP contribution >= 0.6 is 24.0 Å². The van der Waals surface area contributed by atoms with Crippen molar-refractivity contribution in [3.63, 3.8) is 0 Å². The van der Waals surface area contributed by atoms with Crippen LogP contribution in [-0.4, -0.2) is 44.2 Å². The van der Waals surface area contributed by atoms with Crippen molar-refractivity contribution >= 4 is 35.8 Å². The molecule has 0 saturated carbocycles. The van der Waals surface area contributed by atoms with Gasteiger partial charge >= 0.3 is 0 Å². The number of aliphatic imine (C=N–C) groups is 1. The molecule has 6 nitrogen and oxygen atoms in total. The second-order valence-electron chi connectivity index (χ2n) is 7.64. The summed E-state index contributed by atoms with van der Waals surface area (Å²) in [6, 6.07) is 12.5. The molecule has 0 amide bonds. The highest BCUT2D eigenvalue weighted by atomic mass is 127. The Labute approximate surface area is 203 Å². The van der Waals surface area contributed by atoms with Gasteiger partial charge in [-0.15, -0.1) is 24.0 Å². The Hall–Kier alpha value is -2.03. The Balaban J connectivity index is 0.00000341. The summed E-state index contributed by atoms with van der Waals surface area (Å²) in [4.78, 5) is 11.8. The van der Waals surface area contributed by atoms with E-state index < -0.39 is 0 Å². The number of halogens is 1. The van der Waals surface area contributed by atoms with Crippen LogP contribution in [0.1, 0.15) is 43.7 Å². The number of hydrogen-bond donors (Lipinski definition) is 2. The van der Waals surface area contributed by atoms with Gasteiger partial charge in [0.2, 0.25) is 0 Å². The Kier molecular flexibility index (Phi) is 11.5. The van der Waals surface area contributed by atoms with Gasteiger partial charge in [0.15, 0.2) is 5.96 Å². The van der Waals surface area contributed by atoms with Crippen LogP contribution in [0.25, 0.3) is 0 Å². The average molecular weight is 537 g/mol. The minimum atomic E-state index is 0. The van der Waals surface area contributed by atoms with Gasteiger partial charge in [0.05, 0.1) is 13.7 Å². The van der Waals surface area contributed by atoms with Crippen molar-refractivity contribution in [3.05, 3.63) is 53.7 Å². The molecule has 0 aliphatic carbocycles. The van der Waals surface area contributed by atoms with Crippen molar-refractivity contribution in [1.82, 2.24) is 15.6 Å². The SMILES string of the molecule is CCNC(=NCc1ccnc(N2CCCCCC2)c1)NCCc1ccc(OC)cc1.I. The predicted molar refractivity (Wildman–Crippen MR) is 140 cm³/mol. The van der Waals surface area contributed by atoms with Gasteiger partial charge in [-0.25, -0.2) is 9.98 Å². The lowest BCUT2D eigenvalue weighted by Crippen LogP contribution is -2.38. The van der Waals surface area contributed by atoms with E-state index in [9.17, 15) is 0 Å². The molecule has 0 spiro atoms. The molecule has 0 bridgehead atoms. The number of anilines is 1. The number of hydrogen-bond acceptors (Lipinski definition) is 4. The molecule has 1 aromatic heterocycles. The fraction of sp³-hybridized carbons (Fsp3) is 0.500. The van der Waals surface area contributed by atoms with Gasteiger partial charge in [-0.1, -0.05) is 25.0 Å². The zero-order chi connectivity index (χ0) is 21.0. The maximum Gasteiger partial charge on any atom is 0.191 e. The average Bonchev–Trinajstić information content (AvgIpc) is 3.08. The van der Waals surface area contributed by atoms with E-state index in [1.54, 1.807) is 7.11 Å². The first-order chi connectivity index (χ1) is 14.8. The lowest BCUT2D eigenvalue weighted by molar-refractivity contribution is 0.414. The third kappa shape index (κ3) is 8.55. The molecule has 1 aliphatic rings. The lowest BCUT2D eigenvalue weighted by Gasteiger charge is -2.21. The minimum absolute atomic E-state index is 0. The molecule has 1 aliphatic heterocycles. The van der Waals surface area contributed by atoms with Crippen LogP contribution < -0.4 is 20.3 Å². The van der Waals surface area contributed by atoms with E-state index in [4.69, 9.17) is 9.73 Å². The number of nitrogens with one attached hydrogen (secondary N) is 2. The molecule has 3 rings (SSSR count). The molecule has 0 radical (unpaired) electrons. The van der Waals surface area contributed by atoms with Crippen LogP contribution in [0.5, 0.6) is 5.75 Å². The number of pyridine rings is 1. The first-order valence-corrected chi connectivity index (χ1v) is 11.1. The maximum absolute atomic E-state index is 5.22. The van der Waals surface area contributed by atoms with Gasteiger partial charge in [-0.2, -0.15) is 0 Å². The first-order valence-electron chi connectivity index (χ1n) is 11.1. The molecular weight excluding hydrogens is 501 g/mol. The number of ether oxygens (including phenoxy) is 1. The standard InChI is InChI=1S/C24H35N5O.HI/c1-3-25-24(27-15-12-20-8-10-22(30-2)11-9-20)28-19-21-13-14-26-23(18-21)29-16-6-4-5-7-17-29;/h8-11,13-14,18H,3-7,12,15-17,19H2,1-2H3,(H2,25,27,28);1H. The minimum Gasteiger partial charge on any atom is -0.497 e. The highest BCUT2D eigenvalue weighted by Gasteiger charge is 2.11. The highest BCUT2D eigenvalue weighted by molar-refractivity contribution is 14.0. The molecule has 2 N–H and O–H groups in total. The molecule has 1 aromatic carbocycles. The molecule has 1 fully saturated rings. The summed E-state index contributed by atoms with van der Waals surface area (Å²) in [6.45, 7) is 6.60. The molecule has 2 aromatic rings. The summed E-state index contributed by atoms with van der Waals surface area (Å²) in [5.74, 6) is 2.82. The van der Waals surface area contributed by atoms with Gasteiger partial charge in [-0.05, 0) is 61.6 Å². The number of nitrogens with zero attached hydrogens (tertiary/aromatic N) is 3. The molecule has 1 saturated heterocycles. The van der Waals surface area contributed by atoms with Crippen LogP contribution in [0.3, 0.4) is 0 Å². The Morgan fingerprint density at radius 1 is 1.03 bits per heavy atom. The number of aromatic nitrogens is 1. The van der Waals surface area contributed by atoms with E-state index in [0.717, 1.165) is 50.1 Å². The fourth-order valence-corrected chi connectivity index (χ4v) is 3.66. The highest BCUT2D eigenvalue weighted by Crippen LogP contribution is 2.18. The molecule has 0 unspecified atom stereocenters. The van der Waals surface area contributed by atoms with E-state index in [1.807, 2.05) is 18.3 Å². The third-order valence-corrected chi connectivity index (χ3v) is 5.37. The van der Waals surface area contributed by atoms with E-state index >= 15 is 0 Å². The number of rotatable bonds is 8. The number of guanidine groups is 1. The molecule has 0 atom stereocenters. The Morgan fingerprint density at radius 3 is 2.45 bits per heavy atom. The Bertz CT molecular complexity index is 789. The smallest absolute Gasteiger partial charge is 0.191 e. The normalized spacial score (nSPS) is 14.4. The fourth-order valence-electron chi connectivity index (χ4n) is 3.66. The van der Waals surface area contributed by atoms with Crippen molar-refractivity contribution in [1.29, 1.82) is 0 Å². The van der Waals surface area contributed by atoms with E-state index in [-0.39, 0.29) is 24.0 Å². The zero-order valence-electron chi connectivity index (χ0n) is 18.8. The summed E-state index contributed by atoms with van der Waals surface area (Å²) in [6.07, 6.45) is 8.01. The summed E-state index contributed by atoms with van der Waals surface area (Å²) in [5, 5.41) is 6.77. The lowest BCUT2D eigenvalue weighted by atomic mass is 10.1. The van der Waals surface area contributed by atoms with Crippen molar-refractivity contribution in [2.45, 2.75) is 45.6 Å². The largest absolute Gasteiger partial charge is 0.497 e. The third-order valence-electron chi connectivity index (χ3n) is 5.37. The quantitative estimate of drug-likeness (QED) is 0.297. The van der Waals surface area contributed by atoms with Crippen molar-refractivity contribution in [2.24, 2.45) is 4.99 Å². The van der Waals surface area contributed by atoms with Gasteiger partial charge in [0, 0.05) is 32.4 Å². The monoisotopic (exact) mass is 537 g/mol. The Morgan fingerprint density at radius 2 is 1.77 bits per heavy atom. The van der Waals surface area contributed by atoms with E-state index in [2.05, 4.69) is 51.7 Å². The summed E-state index contributed by atoms with van der Waals surface area (Å²) >= 11 is 0. The predicted octanol–water partition coefficient (Wildman–Crippen LogP) is 4.39. The first kappa shape index (κ1) is 25.2. The second-order valence-corrected chi connectivity index (χ2v) is 7.64. The topological polar surface area (TPSA) is 61.8 Å². The molecular formula is C24H36IN5O. The van der Waals surface area contributed by atoms with Crippen LogP contribution in [0.4, 0.5) is 5.82 Å². The van der Waals surface area contributed by atoms with Gasteiger partial charge < -0.3 is 20.3 Å². The van der Waals surface area contributed by atoms with Crippen LogP contribution in [0.15, 0.2) is 47.6 Å². The summed E-state index contributed by atoms with van der Waals surface area (Å²) in [5.41, 5.74) is 2.46. The molecule has 31 heavy (non-hydrogen) atoms. The maximum atomic E-state index is 5.22. The van der Waals surface area contributed by atoms with Gasteiger partial charge in [-0.3, -0.25) is 0 Å². The number of methoxy groups -OCH3 is 1. The second kappa shape index (κ2) is 14.1. The van der Waals surface area contributed by atoms with E-state index in [0.29, 0.717) is 6.54 Å². The summed E-state index contributed by atoms with van der Waals surface area (Å²) in [7, 11) is 1.69. The number of benzene rings is 1. The van der Waals surface area contributed by atoms with Gasteiger partial charge in [0.25, 0.3) is 0 Å². The van der Waals surface area contributed by atoms with Crippen LogP contribution in [-0.2, 0) is 13.0 Å². The zero-order valence-corrected chi connectivity index (χ0v) is 21.1. The van der Waals surface area contributed by atoms with Crippen molar-refractivity contribution < 1.29 is 4.74 Å². The molecule has 7 heteroatoms. The molecule has 2 heterocycles. The van der Waals surface area contributed by atoms with E-state index in [1.165, 1.54) is 36.8 Å². The van der Waals surface area contributed by atoms with Crippen molar-refractivity contribution in [3.8, 4) is 5.75 Å². The van der Waals surface area contributed by atoms with Crippen LogP contribution in [0.2, 0.25) is 0 Å².